The molecule has 2 aromatic carbocycles. The Hall–Kier alpha value is -3.27. The number of tetrazole rings is 1. The molecule has 0 aliphatic carbocycles. The molecule has 1 aliphatic heterocycles. The summed E-state index contributed by atoms with van der Waals surface area (Å²) in [5.74, 6) is -1.05. The van der Waals surface area contributed by atoms with Crippen LogP contribution in [0.4, 0.5) is 10.1 Å². The van der Waals surface area contributed by atoms with E-state index in [0.717, 1.165) is 12.1 Å². The lowest BCUT2D eigenvalue weighted by Crippen LogP contribution is -2.43. The molecule has 8 nitrogen and oxygen atoms in total. The molecule has 0 radical (unpaired) electrons. The van der Waals surface area contributed by atoms with Crippen LogP contribution in [0, 0.1) is 11.7 Å². The lowest BCUT2D eigenvalue weighted by molar-refractivity contribution is -0.121. The van der Waals surface area contributed by atoms with E-state index in [1.165, 1.54) is 36.0 Å². The number of benzene rings is 2. The largest absolute Gasteiger partial charge is 0.338 e. The van der Waals surface area contributed by atoms with Gasteiger partial charge in [-0.3, -0.25) is 9.59 Å². The number of likely N-dealkylation sites (tertiary alicyclic amines) is 1. The predicted molar refractivity (Wildman–Crippen MR) is 115 cm³/mol. The van der Waals surface area contributed by atoms with Crippen molar-refractivity contribution in [2.24, 2.45) is 5.92 Å². The van der Waals surface area contributed by atoms with E-state index in [0.29, 0.717) is 35.9 Å². The normalized spacial score (nSPS) is 16.2. The zero-order valence-electron chi connectivity index (χ0n) is 16.9. The van der Waals surface area contributed by atoms with Gasteiger partial charge in [0.15, 0.2) is 0 Å². The third-order valence-corrected chi connectivity index (χ3v) is 5.77. The molecule has 4 rings (SSSR count). The Morgan fingerprint density at radius 2 is 2.00 bits per heavy atom. The first-order valence-electron chi connectivity index (χ1n) is 9.83. The summed E-state index contributed by atoms with van der Waals surface area (Å²) >= 11 is 1.42. The second kappa shape index (κ2) is 9.25. The summed E-state index contributed by atoms with van der Waals surface area (Å²) in [6.45, 7) is 0.900. The van der Waals surface area contributed by atoms with Crippen LogP contribution in [0.2, 0.25) is 0 Å². The number of halogens is 1. The second-order valence-electron chi connectivity index (χ2n) is 7.21. The number of rotatable bonds is 5. The molecular weight excluding hydrogens is 419 g/mol. The van der Waals surface area contributed by atoms with Gasteiger partial charge in [-0.1, -0.05) is 17.8 Å². The third-order valence-electron chi connectivity index (χ3n) is 5.15. The average molecular weight is 441 g/mol. The predicted octanol–water partition coefficient (Wildman–Crippen LogP) is 3.01. The van der Waals surface area contributed by atoms with Crippen molar-refractivity contribution in [1.82, 2.24) is 25.1 Å². The van der Waals surface area contributed by atoms with Crippen LogP contribution in [0.1, 0.15) is 23.2 Å². The quantitative estimate of drug-likeness (QED) is 0.613. The van der Waals surface area contributed by atoms with E-state index in [1.807, 2.05) is 18.4 Å². The molecule has 1 N–H and O–H groups in total. The first-order chi connectivity index (χ1) is 15.0. The van der Waals surface area contributed by atoms with Crippen LogP contribution in [0.25, 0.3) is 5.69 Å². The van der Waals surface area contributed by atoms with Gasteiger partial charge in [0.2, 0.25) is 11.1 Å². The summed E-state index contributed by atoms with van der Waals surface area (Å²) in [5, 5.41) is 15.2. The van der Waals surface area contributed by atoms with Crippen LogP contribution >= 0.6 is 11.8 Å². The molecule has 0 bridgehead atoms. The van der Waals surface area contributed by atoms with Crippen molar-refractivity contribution in [1.29, 1.82) is 0 Å². The minimum absolute atomic E-state index is 0.143. The fourth-order valence-corrected chi connectivity index (χ4v) is 4.01. The number of hydrogen-bond donors (Lipinski definition) is 1. The number of carbonyl (C=O) groups excluding carboxylic acids is 2. The first kappa shape index (κ1) is 21.0. The molecule has 1 aromatic heterocycles. The summed E-state index contributed by atoms with van der Waals surface area (Å²) in [6, 6.07) is 12.7. The van der Waals surface area contributed by atoms with Crippen LogP contribution in [0.15, 0.2) is 53.7 Å². The van der Waals surface area contributed by atoms with E-state index >= 15 is 0 Å². The number of amides is 2. The number of piperidine rings is 1. The van der Waals surface area contributed by atoms with Gasteiger partial charge in [-0.15, -0.1) is 5.10 Å². The van der Waals surface area contributed by atoms with E-state index in [9.17, 15) is 14.0 Å². The fraction of sp³-hybridized carbons (Fsp3) is 0.286. The highest BCUT2D eigenvalue weighted by Crippen LogP contribution is 2.23. The van der Waals surface area contributed by atoms with Crippen LogP contribution in [0.3, 0.4) is 0 Å². The smallest absolute Gasteiger partial charge is 0.253 e. The van der Waals surface area contributed by atoms with E-state index in [2.05, 4.69) is 20.8 Å². The van der Waals surface area contributed by atoms with Crippen molar-refractivity contribution in [3.63, 3.8) is 0 Å². The Kier molecular flexibility index (Phi) is 6.26. The Balaban J connectivity index is 1.43. The van der Waals surface area contributed by atoms with Gasteiger partial charge in [0.25, 0.3) is 5.91 Å². The Bertz CT molecular complexity index is 1090. The molecule has 3 aromatic rings. The summed E-state index contributed by atoms with van der Waals surface area (Å²) < 4.78 is 14.7. The van der Waals surface area contributed by atoms with Gasteiger partial charge in [-0.05, 0) is 72.0 Å². The lowest BCUT2D eigenvalue weighted by atomic mass is 9.96. The first-order valence-corrected chi connectivity index (χ1v) is 11.1. The summed E-state index contributed by atoms with van der Waals surface area (Å²) in [6.07, 6.45) is 3.31. The zero-order valence-corrected chi connectivity index (χ0v) is 17.7. The van der Waals surface area contributed by atoms with Crippen molar-refractivity contribution >= 4 is 29.3 Å². The van der Waals surface area contributed by atoms with Crippen LogP contribution < -0.4 is 5.32 Å². The van der Waals surface area contributed by atoms with Crippen LogP contribution in [-0.4, -0.2) is 56.3 Å². The highest BCUT2D eigenvalue weighted by atomic mass is 32.2. The van der Waals surface area contributed by atoms with Crippen molar-refractivity contribution in [3.05, 3.63) is 59.9 Å². The van der Waals surface area contributed by atoms with Crippen LogP contribution in [-0.2, 0) is 4.79 Å². The average Bonchev–Trinajstić information content (AvgIpc) is 3.28. The number of hydrogen-bond acceptors (Lipinski definition) is 6. The van der Waals surface area contributed by atoms with E-state index < -0.39 is 0 Å². The van der Waals surface area contributed by atoms with Crippen LogP contribution in [0.5, 0.6) is 0 Å². The number of nitrogens with one attached hydrogen (secondary N) is 1. The number of thioether (sulfide) groups is 1. The van der Waals surface area contributed by atoms with Gasteiger partial charge in [-0.25, -0.2) is 4.39 Å². The molecular formula is C21H21FN6O2S. The third kappa shape index (κ3) is 4.74. The van der Waals surface area contributed by atoms with Gasteiger partial charge >= 0.3 is 0 Å². The Labute approximate surface area is 182 Å². The van der Waals surface area contributed by atoms with Crippen molar-refractivity contribution < 1.29 is 14.0 Å². The van der Waals surface area contributed by atoms with Gasteiger partial charge in [0, 0.05) is 24.3 Å². The fourth-order valence-electron chi connectivity index (χ4n) is 3.58. The summed E-state index contributed by atoms with van der Waals surface area (Å²) in [4.78, 5) is 27.3. The molecule has 0 saturated carbocycles. The molecule has 10 heteroatoms. The monoisotopic (exact) mass is 440 g/mol. The Morgan fingerprint density at radius 3 is 2.77 bits per heavy atom. The van der Waals surface area contributed by atoms with Crippen molar-refractivity contribution in [3.8, 4) is 5.69 Å². The minimum atomic E-state index is -0.388. The standard InChI is InChI=1S/C21H21FN6O2S/c1-31-21-24-25-26-28(21)18-6-2-5-17(12-18)23-19(29)15-4-3-11-27(13-15)20(30)14-7-9-16(22)10-8-14/h2,5-10,12,15H,3-4,11,13H2,1H3,(H,23,29). The molecule has 1 fully saturated rings. The maximum Gasteiger partial charge on any atom is 0.253 e. The SMILES string of the molecule is CSc1nnnn1-c1cccc(NC(=O)C2CCCN(C(=O)c3ccc(F)cc3)C2)c1. The molecule has 0 spiro atoms. The minimum Gasteiger partial charge on any atom is -0.338 e. The van der Waals surface area contributed by atoms with Crippen molar-refractivity contribution in [2.75, 3.05) is 24.7 Å². The summed E-state index contributed by atoms with van der Waals surface area (Å²) in [5.41, 5.74) is 1.79. The number of carbonyl (C=O) groups is 2. The number of aromatic nitrogens is 4. The van der Waals surface area contributed by atoms with E-state index in [4.69, 9.17) is 0 Å². The maximum absolute atomic E-state index is 13.1. The molecule has 2 heterocycles. The molecule has 1 unspecified atom stereocenters. The maximum atomic E-state index is 13.1. The molecule has 31 heavy (non-hydrogen) atoms. The van der Waals surface area contributed by atoms with Crippen molar-refractivity contribution in [2.45, 2.75) is 18.0 Å². The summed E-state index contributed by atoms with van der Waals surface area (Å²) in [7, 11) is 0. The lowest BCUT2D eigenvalue weighted by Gasteiger charge is -2.32. The molecule has 1 aliphatic rings. The molecule has 1 atom stereocenters. The van der Waals surface area contributed by atoms with E-state index in [1.54, 1.807) is 21.7 Å². The topological polar surface area (TPSA) is 93.0 Å². The zero-order chi connectivity index (χ0) is 21.8. The molecule has 1 saturated heterocycles. The second-order valence-corrected chi connectivity index (χ2v) is 7.99. The van der Waals surface area contributed by atoms with E-state index in [-0.39, 0.29) is 23.5 Å². The van der Waals surface area contributed by atoms with Gasteiger partial charge in [0.1, 0.15) is 5.82 Å². The van der Waals surface area contributed by atoms with Gasteiger partial charge in [-0.2, -0.15) is 4.68 Å². The highest BCUT2D eigenvalue weighted by molar-refractivity contribution is 7.98. The number of anilines is 1. The Morgan fingerprint density at radius 1 is 1.19 bits per heavy atom. The highest BCUT2D eigenvalue weighted by Gasteiger charge is 2.29. The van der Waals surface area contributed by atoms with Gasteiger partial charge in [0.05, 0.1) is 11.6 Å². The molecule has 2 amide bonds. The molecule has 160 valence electrons. The number of nitrogens with zero attached hydrogens (tertiary/aromatic N) is 5. The van der Waals surface area contributed by atoms with Gasteiger partial charge < -0.3 is 10.2 Å².